The maximum atomic E-state index is 13.3. The van der Waals surface area contributed by atoms with Crippen molar-refractivity contribution >= 4 is 39.1 Å². The highest BCUT2D eigenvalue weighted by molar-refractivity contribution is 7.92. The molecular weight excluding hydrogens is 486 g/mol. The van der Waals surface area contributed by atoms with Crippen LogP contribution in [0.3, 0.4) is 0 Å². The molecule has 2 aromatic carbocycles. The van der Waals surface area contributed by atoms with Gasteiger partial charge in [0.05, 0.1) is 11.9 Å². The Morgan fingerprint density at radius 3 is 2.34 bits per heavy atom. The van der Waals surface area contributed by atoms with Gasteiger partial charge in [0, 0.05) is 31.1 Å². The molecule has 0 aliphatic carbocycles. The van der Waals surface area contributed by atoms with Crippen LogP contribution < -0.4 is 9.62 Å². The monoisotopic (exact) mass is 521 g/mol. The van der Waals surface area contributed by atoms with E-state index >= 15 is 0 Å². The van der Waals surface area contributed by atoms with Gasteiger partial charge in [-0.2, -0.15) is 0 Å². The largest absolute Gasteiger partial charge is 0.355 e. The van der Waals surface area contributed by atoms with Crippen molar-refractivity contribution in [1.29, 1.82) is 0 Å². The summed E-state index contributed by atoms with van der Waals surface area (Å²) in [6, 6.07) is 14.3. The van der Waals surface area contributed by atoms with E-state index in [2.05, 4.69) is 5.32 Å². The number of nitrogens with one attached hydrogen (secondary N) is 1. The fourth-order valence-corrected chi connectivity index (χ4v) is 5.20. The van der Waals surface area contributed by atoms with Gasteiger partial charge in [0.1, 0.15) is 6.04 Å². The number of halogens is 1. The van der Waals surface area contributed by atoms with Gasteiger partial charge in [-0.15, -0.1) is 0 Å². The predicted octanol–water partition coefficient (Wildman–Crippen LogP) is 4.18. The maximum absolute atomic E-state index is 13.3. The maximum Gasteiger partial charge on any atom is 0.242 e. The number of rotatable bonds is 13. The van der Waals surface area contributed by atoms with Crippen molar-refractivity contribution in [2.24, 2.45) is 0 Å². The molecule has 0 unspecified atom stereocenters. The van der Waals surface area contributed by atoms with Crippen molar-refractivity contribution in [3.8, 4) is 0 Å². The number of sulfonamides is 1. The molecule has 7 nitrogen and oxygen atoms in total. The van der Waals surface area contributed by atoms with Crippen molar-refractivity contribution < 1.29 is 18.0 Å². The van der Waals surface area contributed by atoms with Gasteiger partial charge in [0.25, 0.3) is 0 Å². The van der Waals surface area contributed by atoms with E-state index in [1.54, 1.807) is 23.1 Å². The Labute approximate surface area is 214 Å². The minimum absolute atomic E-state index is 0.121. The summed E-state index contributed by atoms with van der Waals surface area (Å²) < 4.78 is 26.3. The van der Waals surface area contributed by atoms with Crippen molar-refractivity contribution in [2.45, 2.75) is 52.5 Å². The van der Waals surface area contributed by atoms with Crippen molar-refractivity contribution in [3.05, 3.63) is 64.7 Å². The second-order valence-electron chi connectivity index (χ2n) is 8.51. The van der Waals surface area contributed by atoms with Gasteiger partial charge in [-0.05, 0) is 56.4 Å². The first-order valence-corrected chi connectivity index (χ1v) is 14.2. The number of benzene rings is 2. The molecule has 1 atom stereocenters. The molecule has 0 heterocycles. The van der Waals surface area contributed by atoms with Crippen LogP contribution in [0.4, 0.5) is 5.69 Å². The molecule has 2 amide bonds. The molecule has 0 aliphatic rings. The van der Waals surface area contributed by atoms with Crippen LogP contribution in [-0.4, -0.2) is 57.1 Å². The fourth-order valence-electron chi connectivity index (χ4n) is 4.02. The smallest absolute Gasteiger partial charge is 0.242 e. The van der Waals surface area contributed by atoms with Gasteiger partial charge in [-0.25, -0.2) is 8.42 Å². The number of nitrogens with zero attached hydrogens (tertiary/aromatic N) is 2. The van der Waals surface area contributed by atoms with Gasteiger partial charge in [-0.1, -0.05) is 54.9 Å². The van der Waals surface area contributed by atoms with Crippen LogP contribution in [-0.2, 0) is 26.0 Å². The van der Waals surface area contributed by atoms with Crippen LogP contribution >= 0.6 is 11.6 Å². The summed E-state index contributed by atoms with van der Waals surface area (Å²) in [5.74, 6) is -0.348. The third-order valence-electron chi connectivity index (χ3n) is 5.81. The first-order valence-electron chi connectivity index (χ1n) is 11.9. The number of carbonyl (C=O) groups is 2. The molecule has 192 valence electrons. The van der Waals surface area contributed by atoms with E-state index in [4.69, 9.17) is 11.6 Å². The van der Waals surface area contributed by atoms with E-state index in [0.717, 1.165) is 17.4 Å². The van der Waals surface area contributed by atoms with Crippen molar-refractivity contribution in [3.63, 3.8) is 0 Å². The summed E-state index contributed by atoms with van der Waals surface area (Å²) in [5, 5.41) is 3.26. The number of likely N-dealkylation sites (N-methyl/N-ethyl adjacent to an activating group) is 1. The number of hydrogen-bond acceptors (Lipinski definition) is 4. The van der Waals surface area contributed by atoms with Crippen LogP contribution in [0.25, 0.3) is 0 Å². The number of amides is 2. The van der Waals surface area contributed by atoms with E-state index in [9.17, 15) is 18.0 Å². The number of anilines is 1. The third kappa shape index (κ3) is 8.54. The van der Waals surface area contributed by atoms with Crippen LogP contribution in [0, 0.1) is 6.92 Å². The summed E-state index contributed by atoms with van der Waals surface area (Å²) in [6.45, 7) is 6.57. The molecule has 0 aliphatic heterocycles. The first kappa shape index (κ1) is 28.7. The molecule has 2 aromatic rings. The Kier molecular flexibility index (Phi) is 11.0. The summed E-state index contributed by atoms with van der Waals surface area (Å²) in [6.07, 6.45) is 2.69. The Bertz CT molecular complexity index is 1090. The standard InChI is InChI=1S/C26H36ClN3O4S/c1-5-23(26(32)28-6-2)29(18-16-21-11-8-7-9-12-21)25(31)13-10-17-30(35(4,33)34)24-19-22(27)15-14-20(24)3/h7-9,11-12,14-15,19,23H,5-6,10,13,16-18H2,1-4H3,(H,28,32)/t23-/m0/s1. The fraction of sp³-hybridized carbons (Fsp3) is 0.462. The molecule has 0 fully saturated rings. The summed E-state index contributed by atoms with van der Waals surface area (Å²) in [4.78, 5) is 27.6. The second kappa shape index (κ2) is 13.5. The summed E-state index contributed by atoms with van der Waals surface area (Å²) in [5.41, 5.74) is 2.36. The van der Waals surface area contributed by atoms with Crippen LogP contribution in [0.5, 0.6) is 0 Å². The Morgan fingerprint density at radius 2 is 1.74 bits per heavy atom. The van der Waals surface area contributed by atoms with E-state index in [1.165, 1.54) is 4.31 Å². The molecule has 35 heavy (non-hydrogen) atoms. The van der Waals surface area contributed by atoms with Gasteiger partial charge in [0.15, 0.2) is 0 Å². The molecule has 0 saturated heterocycles. The zero-order chi connectivity index (χ0) is 26.0. The van der Waals surface area contributed by atoms with Crippen LogP contribution in [0.2, 0.25) is 5.02 Å². The molecule has 0 saturated carbocycles. The highest BCUT2D eigenvalue weighted by Gasteiger charge is 2.28. The Morgan fingerprint density at radius 1 is 1.06 bits per heavy atom. The van der Waals surface area contributed by atoms with E-state index in [1.807, 2.05) is 51.1 Å². The Balaban J connectivity index is 2.17. The molecule has 2 rings (SSSR count). The summed E-state index contributed by atoms with van der Waals surface area (Å²) in [7, 11) is -3.58. The molecular formula is C26H36ClN3O4S. The first-order chi connectivity index (χ1) is 16.6. The SMILES string of the molecule is CCNC(=O)[C@H](CC)N(CCc1ccccc1)C(=O)CCCN(c1cc(Cl)ccc1C)S(C)(=O)=O. The topological polar surface area (TPSA) is 86.8 Å². The van der Waals surface area contributed by atoms with Crippen molar-refractivity contribution in [1.82, 2.24) is 10.2 Å². The minimum Gasteiger partial charge on any atom is -0.355 e. The third-order valence-corrected chi connectivity index (χ3v) is 7.23. The minimum atomic E-state index is -3.58. The lowest BCUT2D eigenvalue weighted by Crippen LogP contribution is -2.50. The van der Waals surface area contributed by atoms with Crippen LogP contribution in [0.15, 0.2) is 48.5 Å². The highest BCUT2D eigenvalue weighted by atomic mass is 35.5. The molecule has 0 radical (unpaired) electrons. The summed E-state index contributed by atoms with van der Waals surface area (Å²) >= 11 is 6.11. The number of aryl methyl sites for hydroxylation is 1. The quantitative estimate of drug-likeness (QED) is 0.428. The van der Waals surface area contributed by atoms with Gasteiger partial charge in [-0.3, -0.25) is 13.9 Å². The zero-order valence-electron chi connectivity index (χ0n) is 21.0. The molecule has 9 heteroatoms. The van der Waals surface area contributed by atoms with Crippen LogP contribution in [0.1, 0.15) is 44.2 Å². The lowest BCUT2D eigenvalue weighted by atomic mass is 10.1. The average Bonchev–Trinajstić information content (AvgIpc) is 2.81. The second-order valence-corrected chi connectivity index (χ2v) is 10.9. The zero-order valence-corrected chi connectivity index (χ0v) is 22.5. The number of hydrogen-bond donors (Lipinski definition) is 1. The molecule has 0 aromatic heterocycles. The Hall–Kier alpha value is -2.58. The van der Waals surface area contributed by atoms with E-state index < -0.39 is 16.1 Å². The van der Waals surface area contributed by atoms with E-state index in [0.29, 0.717) is 43.1 Å². The molecule has 0 spiro atoms. The predicted molar refractivity (Wildman–Crippen MR) is 142 cm³/mol. The highest BCUT2D eigenvalue weighted by Crippen LogP contribution is 2.26. The number of carbonyl (C=O) groups excluding carboxylic acids is 2. The lowest BCUT2D eigenvalue weighted by Gasteiger charge is -2.31. The lowest BCUT2D eigenvalue weighted by molar-refractivity contribution is -0.140. The molecule has 0 bridgehead atoms. The van der Waals surface area contributed by atoms with Gasteiger partial charge in [0.2, 0.25) is 21.8 Å². The molecule has 1 N–H and O–H groups in total. The normalized spacial score (nSPS) is 12.1. The van der Waals surface area contributed by atoms with Crippen molar-refractivity contribution in [2.75, 3.05) is 30.2 Å². The van der Waals surface area contributed by atoms with Gasteiger partial charge >= 0.3 is 0 Å². The van der Waals surface area contributed by atoms with E-state index in [-0.39, 0.29) is 24.8 Å². The average molecular weight is 522 g/mol. The van der Waals surface area contributed by atoms with Gasteiger partial charge < -0.3 is 10.2 Å².